The fourth-order valence-corrected chi connectivity index (χ4v) is 4.17. The van der Waals surface area contributed by atoms with Crippen LogP contribution in [0, 0.1) is 5.41 Å². The van der Waals surface area contributed by atoms with Crippen LogP contribution >= 0.6 is 0 Å². The van der Waals surface area contributed by atoms with Crippen LogP contribution in [-0.2, 0) is 0 Å². The monoisotopic (exact) mass is 277 g/mol. The Bertz CT molecular complexity index is 626. The predicted molar refractivity (Wildman–Crippen MR) is 88.3 cm³/mol. The molecule has 0 spiro atoms. The number of nitrogens with one attached hydrogen (secondary N) is 1. The SMILES string of the molecule is CC1(C)CCCC1NC1c2ccccc2-c2ccccc21. The molecule has 0 aliphatic heterocycles. The van der Waals surface area contributed by atoms with Crippen LogP contribution in [0.3, 0.4) is 0 Å². The molecule has 2 aromatic carbocycles. The van der Waals surface area contributed by atoms with E-state index < -0.39 is 0 Å². The lowest BCUT2D eigenvalue weighted by atomic mass is 9.86. The summed E-state index contributed by atoms with van der Waals surface area (Å²) in [6, 6.07) is 18.7. The Hall–Kier alpha value is -1.60. The minimum Gasteiger partial charge on any atom is -0.303 e. The zero-order chi connectivity index (χ0) is 14.4. The molecule has 1 atom stereocenters. The van der Waals surface area contributed by atoms with E-state index in [2.05, 4.69) is 67.7 Å². The van der Waals surface area contributed by atoms with Gasteiger partial charge in [-0.25, -0.2) is 0 Å². The van der Waals surface area contributed by atoms with Crippen LogP contribution in [0.1, 0.15) is 50.3 Å². The summed E-state index contributed by atoms with van der Waals surface area (Å²) in [4.78, 5) is 0. The number of rotatable bonds is 2. The lowest BCUT2D eigenvalue weighted by molar-refractivity contribution is 0.272. The van der Waals surface area contributed by atoms with E-state index in [0.717, 1.165) is 0 Å². The standard InChI is InChI=1S/C20H23N/c1-20(2)13-7-12-18(20)21-19-16-10-5-3-8-14(16)15-9-4-6-11-17(15)19/h3-6,8-11,18-19,21H,7,12-13H2,1-2H3. The minimum atomic E-state index is 0.361. The Morgan fingerprint density at radius 3 is 2.00 bits per heavy atom. The van der Waals surface area contributed by atoms with Crippen molar-refractivity contribution in [3.63, 3.8) is 0 Å². The first-order valence-electron chi connectivity index (χ1n) is 8.11. The van der Waals surface area contributed by atoms with Crippen molar-refractivity contribution in [3.8, 4) is 11.1 Å². The molecule has 1 nitrogen and oxygen atoms in total. The van der Waals surface area contributed by atoms with E-state index >= 15 is 0 Å². The number of fused-ring (bicyclic) bond motifs is 3. The fourth-order valence-electron chi connectivity index (χ4n) is 4.17. The Balaban J connectivity index is 1.75. The van der Waals surface area contributed by atoms with Crippen LogP contribution in [0.25, 0.3) is 11.1 Å². The molecule has 2 aliphatic carbocycles. The molecule has 0 heterocycles. The zero-order valence-corrected chi connectivity index (χ0v) is 12.9. The largest absolute Gasteiger partial charge is 0.303 e. The van der Waals surface area contributed by atoms with Gasteiger partial charge in [-0.05, 0) is 40.5 Å². The molecule has 4 rings (SSSR count). The average molecular weight is 277 g/mol. The molecule has 1 heteroatoms. The first-order chi connectivity index (χ1) is 10.2. The van der Waals surface area contributed by atoms with Gasteiger partial charge >= 0.3 is 0 Å². The molecule has 1 saturated carbocycles. The highest BCUT2D eigenvalue weighted by Crippen LogP contribution is 2.46. The molecular weight excluding hydrogens is 254 g/mol. The molecule has 1 unspecified atom stereocenters. The third-order valence-corrected chi connectivity index (χ3v) is 5.46. The van der Waals surface area contributed by atoms with Crippen molar-refractivity contribution in [2.75, 3.05) is 0 Å². The molecule has 0 saturated heterocycles. The summed E-state index contributed by atoms with van der Waals surface area (Å²) in [5, 5.41) is 3.98. The first-order valence-corrected chi connectivity index (χ1v) is 8.11. The summed E-state index contributed by atoms with van der Waals surface area (Å²) in [5.74, 6) is 0. The van der Waals surface area contributed by atoms with Crippen LogP contribution in [0.5, 0.6) is 0 Å². The van der Waals surface area contributed by atoms with Crippen molar-refractivity contribution < 1.29 is 0 Å². The van der Waals surface area contributed by atoms with Gasteiger partial charge in [0.15, 0.2) is 0 Å². The van der Waals surface area contributed by atoms with E-state index in [1.807, 2.05) is 0 Å². The topological polar surface area (TPSA) is 12.0 Å². The number of hydrogen-bond donors (Lipinski definition) is 1. The summed E-state index contributed by atoms with van der Waals surface area (Å²) in [6.07, 6.45) is 3.98. The van der Waals surface area contributed by atoms with Crippen LogP contribution in [0.15, 0.2) is 48.5 Å². The molecule has 2 aliphatic rings. The van der Waals surface area contributed by atoms with Crippen LogP contribution < -0.4 is 5.32 Å². The van der Waals surface area contributed by atoms with Crippen molar-refractivity contribution in [1.29, 1.82) is 0 Å². The second kappa shape index (κ2) is 4.71. The van der Waals surface area contributed by atoms with Crippen molar-refractivity contribution in [1.82, 2.24) is 5.32 Å². The Labute approximate surface area is 127 Å². The van der Waals surface area contributed by atoms with E-state index in [0.29, 0.717) is 17.5 Å². The van der Waals surface area contributed by atoms with Gasteiger partial charge in [0, 0.05) is 6.04 Å². The second-order valence-corrected chi connectivity index (χ2v) is 7.21. The van der Waals surface area contributed by atoms with E-state index in [1.54, 1.807) is 0 Å². The number of benzene rings is 2. The lowest BCUT2D eigenvalue weighted by Gasteiger charge is -2.31. The Morgan fingerprint density at radius 2 is 1.48 bits per heavy atom. The molecule has 1 N–H and O–H groups in total. The van der Waals surface area contributed by atoms with Gasteiger partial charge in [0.25, 0.3) is 0 Å². The maximum atomic E-state index is 3.98. The maximum Gasteiger partial charge on any atom is 0.0591 e. The van der Waals surface area contributed by atoms with Gasteiger partial charge < -0.3 is 5.32 Å². The summed E-state index contributed by atoms with van der Waals surface area (Å²) in [7, 11) is 0. The smallest absolute Gasteiger partial charge is 0.0591 e. The normalized spacial score (nSPS) is 23.0. The summed E-state index contributed by atoms with van der Waals surface area (Å²) in [6.45, 7) is 4.81. The van der Waals surface area contributed by atoms with Crippen molar-refractivity contribution in [3.05, 3.63) is 59.7 Å². The summed E-state index contributed by atoms with van der Waals surface area (Å²) >= 11 is 0. The van der Waals surface area contributed by atoms with Gasteiger partial charge in [-0.2, -0.15) is 0 Å². The predicted octanol–water partition coefficient (Wildman–Crippen LogP) is 4.92. The lowest BCUT2D eigenvalue weighted by Crippen LogP contribution is -2.39. The average Bonchev–Trinajstić information content (AvgIpc) is 2.99. The van der Waals surface area contributed by atoms with Gasteiger partial charge in [0.2, 0.25) is 0 Å². The zero-order valence-electron chi connectivity index (χ0n) is 12.9. The highest BCUT2D eigenvalue weighted by molar-refractivity contribution is 5.78. The van der Waals surface area contributed by atoms with Crippen LogP contribution in [0.2, 0.25) is 0 Å². The third-order valence-electron chi connectivity index (χ3n) is 5.46. The van der Waals surface area contributed by atoms with E-state index in [4.69, 9.17) is 0 Å². The van der Waals surface area contributed by atoms with Crippen molar-refractivity contribution >= 4 is 0 Å². The third kappa shape index (κ3) is 2.03. The van der Waals surface area contributed by atoms with Gasteiger partial charge in [-0.15, -0.1) is 0 Å². The minimum absolute atomic E-state index is 0.361. The highest BCUT2D eigenvalue weighted by atomic mass is 15.0. The van der Waals surface area contributed by atoms with Gasteiger partial charge in [0.1, 0.15) is 0 Å². The quantitative estimate of drug-likeness (QED) is 0.821. The van der Waals surface area contributed by atoms with Gasteiger partial charge in [-0.1, -0.05) is 68.8 Å². The molecule has 0 aromatic heterocycles. The fraction of sp³-hybridized carbons (Fsp3) is 0.400. The molecule has 0 amide bonds. The molecular formula is C20H23N. The van der Waals surface area contributed by atoms with Crippen LogP contribution in [-0.4, -0.2) is 6.04 Å². The Kier molecular flexibility index (Phi) is 2.93. The van der Waals surface area contributed by atoms with E-state index in [1.165, 1.54) is 41.5 Å². The summed E-state index contributed by atoms with van der Waals surface area (Å²) in [5.41, 5.74) is 6.11. The van der Waals surface area contributed by atoms with Crippen molar-refractivity contribution in [2.24, 2.45) is 5.41 Å². The maximum absolute atomic E-state index is 3.98. The molecule has 1 fully saturated rings. The highest BCUT2D eigenvalue weighted by Gasteiger charge is 2.38. The Morgan fingerprint density at radius 1 is 0.905 bits per heavy atom. The van der Waals surface area contributed by atoms with E-state index in [9.17, 15) is 0 Å². The summed E-state index contributed by atoms with van der Waals surface area (Å²) < 4.78 is 0. The number of hydrogen-bond acceptors (Lipinski definition) is 1. The molecule has 108 valence electrons. The van der Waals surface area contributed by atoms with E-state index in [-0.39, 0.29) is 0 Å². The van der Waals surface area contributed by atoms with Crippen LogP contribution in [0.4, 0.5) is 0 Å². The molecule has 21 heavy (non-hydrogen) atoms. The van der Waals surface area contributed by atoms with Gasteiger partial charge in [0.05, 0.1) is 6.04 Å². The van der Waals surface area contributed by atoms with Gasteiger partial charge in [-0.3, -0.25) is 0 Å². The molecule has 2 aromatic rings. The molecule has 0 radical (unpaired) electrons. The molecule has 0 bridgehead atoms. The first kappa shape index (κ1) is 13.1. The second-order valence-electron chi connectivity index (χ2n) is 7.21. The van der Waals surface area contributed by atoms with Crippen molar-refractivity contribution in [2.45, 2.75) is 45.2 Å².